The van der Waals surface area contributed by atoms with Crippen molar-refractivity contribution < 1.29 is 9.59 Å². The van der Waals surface area contributed by atoms with Gasteiger partial charge in [-0.2, -0.15) is 5.10 Å². The summed E-state index contributed by atoms with van der Waals surface area (Å²) in [4.78, 5) is 25.6. The molecule has 2 heterocycles. The number of hydrogen-bond donors (Lipinski definition) is 2. The Morgan fingerprint density at radius 3 is 2.75 bits per heavy atom. The van der Waals surface area contributed by atoms with Crippen LogP contribution in [0.5, 0.6) is 0 Å². The van der Waals surface area contributed by atoms with Crippen LogP contribution in [0.3, 0.4) is 0 Å². The summed E-state index contributed by atoms with van der Waals surface area (Å²) in [5, 5.41) is 8.86. The SMILES string of the molecule is CCn1c2ccccc2c2cc(/C=N/NC(=O)CC3Sc4ccccc4NC3=O)ccc21. The van der Waals surface area contributed by atoms with Gasteiger partial charge in [0.2, 0.25) is 11.8 Å². The van der Waals surface area contributed by atoms with Crippen LogP contribution in [0.4, 0.5) is 5.69 Å². The molecule has 6 nitrogen and oxygen atoms in total. The molecule has 0 aliphatic carbocycles. The lowest BCUT2D eigenvalue weighted by Gasteiger charge is -2.23. The molecule has 32 heavy (non-hydrogen) atoms. The van der Waals surface area contributed by atoms with Gasteiger partial charge in [0.25, 0.3) is 0 Å². The monoisotopic (exact) mass is 442 g/mol. The van der Waals surface area contributed by atoms with Gasteiger partial charge in [-0.05, 0) is 42.8 Å². The number of aromatic nitrogens is 1. The van der Waals surface area contributed by atoms with E-state index in [1.807, 2.05) is 36.4 Å². The number of amides is 2. The highest BCUT2D eigenvalue weighted by Crippen LogP contribution is 2.36. The van der Waals surface area contributed by atoms with Crippen LogP contribution in [0.15, 0.2) is 76.7 Å². The lowest BCUT2D eigenvalue weighted by Crippen LogP contribution is -2.33. The lowest BCUT2D eigenvalue weighted by atomic mass is 10.1. The number of aryl methyl sites for hydroxylation is 1. The molecule has 0 saturated carbocycles. The third kappa shape index (κ3) is 3.76. The zero-order valence-electron chi connectivity index (χ0n) is 17.5. The maximum atomic E-state index is 12.4. The molecule has 1 aliphatic rings. The summed E-state index contributed by atoms with van der Waals surface area (Å²) >= 11 is 1.40. The second kappa shape index (κ2) is 8.51. The molecule has 160 valence electrons. The average molecular weight is 443 g/mol. The van der Waals surface area contributed by atoms with Crippen LogP contribution < -0.4 is 10.7 Å². The molecule has 2 N–H and O–H groups in total. The fraction of sp³-hybridized carbons (Fsp3) is 0.160. The summed E-state index contributed by atoms with van der Waals surface area (Å²) in [6.45, 7) is 3.03. The molecule has 0 bridgehead atoms. The third-order valence-corrected chi connectivity index (χ3v) is 6.87. The van der Waals surface area contributed by atoms with E-state index in [2.05, 4.69) is 57.7 Å². The fourth-order valence-corrected chi connectivity index (χ4v) is 5.22. The summed E-state index contributed by atoms with van der Waals surface area (Å²) < 4.78 is 2.29. The van der Waals surface area contributed by atoms with Gasteiger partial charge in [0.1, 0.15) is 0 Å². The fourth-order valence-electron chi connectivity index (χ4n) is 4.11. The van der Waals surface area contributed by atoms with Gasteiger partial charge in [0.05, 0.1) is 17.2 Å². The molecule has 0 saturated heterocycles. The second-order valence-corrected chi connectivity index (χ2v) is 8.87. The van der Waals surface area contributed by atoms with E-state index < -0.39 is 5.25 Å². The zero-order chi connectivity index (χ0) is 22.1. The molecule has 0 radical (unpaired) electrons. The molecule has 1 aromatic heterocycles. The molecule has 7 heteroatoms. The average Bonchev–Trinajstić information content (AvgIpc) is 3.12. The number of carbonyl (C=O) groups excluding carboxylic acids is 2. The first-order chi connectivity index (χ1) is 15.6. The predicted molar refractivity (Wildman–Crippen MR) is 130 cm³/mol. The number of rotatable bonds is 5. The Morgan fingerprint density at radius 1 is 1.09 bits per heavy atom. The first kappa shape index (κ1) is 20.3. The van der Waals surface area contributed by atoms with E-state index in [0.29, 0.717) is 0 Å². The number of hydrazone groups is 1. The highest BCUT2D eigenvalue weighted by molar-refractivity contribution is 8.01. The van der Waals surface area contributed by atoms with Crippen molar-refractivity contribution >= 4 is 57.3 Å². The van der Waals surface area contributed by atoms with E-state index >= 15 is 0 Å². The Balaban J connectivity index is 1.28. The van der Waals surface area contributed by atoms with Gasteiger partial charge in [-0.1, -0.05) is 36.4 Å². The third-order valence-electron chi connectivity index (χ3n) is 5.59. The van der Waals surface area contributed by atoms with Crippen molar-refractivity contribution in [2.75, 3.05) is 5.32 Å². The quantitative estimate of drug-likeness (QED) is 0.345. The first-order valence-corrected chi connectivity index (χ1v) is 11.4. The van der Waals surface area contributed by atoms with Gasteiger partial charge in [-0.3, -0.25) is 9.59 Å². The first-order valence-electron chi connectivity index (χ1n) is 10.5. The minimum absolute atomic E-state index is 0.0607. The van der Waals surface area contributed by atoms with Gasteiger partial charge in [-0.15, -0.1) is 11.8 Å². The number of nitrogens with one attached hydrogen (secondary N) is 2. The second-order valence-electron chi connectivity index (χ2n) is 7.63. The van der Waals surface area contributed by atoms with E-state index in [-0.39, 0.29) is 18.2 Å². The van der Waals surface area contributed by atoms with Crippen LogP contribution in [-0.2, 0) is 16.1 Å². The molecule has 3 aromatic carbocycles. The maximum absolute atomic E-state index is 12.4. The van der Waals surface area contributed by atoms with Crippen LogP contribution in [0, 0.1) is 0 Å². The smallest absolute Gasteiger partial charge is 0.241 e. The number of para-hydroxylation sites is 2. The van der Waals surface area contributed by atoms with E-state index in [1.165, 1.54) is 28.2 Å². The molecule has 0 fully saturated rings. The van der Waals surface area contributed by atoms with Crippen LogP contribution >= 0.6 is 11.8 Å². The Hall–Kier alpha value is -3.58. The van der Waals surface area contributed by atoms with Crippen molar-refractivity contribution in [1.29, 1.82) is 0 Å². The number of nitrogens with zero attached hydrogens (tertiary/aromatic N) is 2. The van der Waals surface area contributed by atoms with Crippen molar-refractivity contribution in [3.8, 4) is 0 Å². The summed E-state index contributed by atoms with van der Waals surface area (Å²) in [6.07, 6.45) is 1.70. The van der Waals surface area contributed by atoms with Crippen molar-refractivity contribution in [2.24, 2.45) is 5.10 Å². The Bertz CT molecular complexity index is 1380. The highest BCUT2D eigenvalue weighted by Gasteiger charge is 2.28. The van der Waals surface area contributed by atoms with E-state index in [0.717, 1.165) is 28.1 Å². The van der Waals surface area contributed by atoms with Crippen LogP contribution in [0.2, 0.25) is 0 Å². The maximum Gasteiger partial charge on any atom is 0.241 e. The zero-order valence-corrected chi connectivity index (χ0v) is 18.4. The molecule has 1 unspecified atom stereocenters. The molecule has 1 atom stereocenters. The summed E-state index contributed by atoms with van der Waals surface area (Å²) in [5.41, 5.74) is 6.63. The lowest BCUT2D eigenvalue weighted by molar-refractivity contribution is -0.124. The summed E-state index contributed by atoms with van der Waals surface area (Å²) in [5.74, 6) is -0.456. The summed E-state index contributed by atoms with van der Waals surface area (Å²) in [7, 11) is 0. The Kier molecular flexibility index (Phi) is 5.41. The molecular formula is C25H22N4O2S. The minimum atomic E-state index is -0.475. The predicted octanol–water partition coefficient (Wildman–Crippen LogP) is 4.77. The van der Waals surface area contributed by atoms with Crippen LogP contribution in [0.25, 0.3) is 21.8 Å². The number of fused-ring (bicyclic) bond motifs is 4. The largest absolute Gasteiger partial charge is 0.341 e. The van der Waals surface area contributed by atoms with Crippen molar-refractivity contribution in [3.63, 3.8) is 0 Å². The Morgan fingerprint density at radius 2 is 1.88 bits per heavy atom. The molecule has 0 spiro atoms. The summed E-state index contributed by atoms with van der Waals surface area (Å²) in [6, 6.07) is 22.1. The number of carbonyl (C=O) groups is 2. The molecule has 5 rings (SSSR count). The van der Waals surface area contributed by atoms with Gasteiger partial charge < -0.3 is 9.88 Å². The number of anilines is 1. The van der Waals surface area contributed by atoms with Gasteiger partial charge >= 0.3 is 0 Å². The van der Waals surface area contributed by atoms with Crippen LogP contribution in [0.1, 0.15) is 18.9 Å². The van der Waals surface area contributed by atoms with E-state index in [1.54, 1.807) is 6.21 Å². The normalized spacial score (nSPS) is 15.8. The van der Waals surface area contributed by atoms with Crippen LogP contribution in [-0.4, -0.2) is 27.8 Å². The number of hydrogen-bond acceptors (Lipinski definition) is 4. The van der Waals surface area contributed by atoms with Gasteiger partial charge in [0.15, 0.2) is 0 Å². The van der Waals surface area contributed by atoms with Crippen molar-refractivity contribution in [2.45, 2.75) is 30.0 Å². The van der Waals surface area contributed by atoms with Gasteiger partial charge in [-0.25, -0.2) is 5.43 Å². The molecular weight excluding hydrogens is 420 g/mol. The molecule has 1 aliphatic heterocycles. The van der Waals surface area contributed by atoms with Crippen molar-refractivity contribution in [3.05, 3.63) is 72.3 Å². The topological polar surface area (TPSA) is 75.5 Å². The van der Waals surface area contributed by atoms with E-state index in [4.69, 9.17) is 0 Å². The highest BCUT2D eigenvalue weighted by atomic mass is 32.2. The molecule has 2 amide bonds. The number of benzene rings is 3. The standard InChI is InChI=1S/C25H22N4O2S/c1-2-29-20-9-5-3-7-17(20)18-13-16(11-12-21(18)29)15-26-28-24(30)14-23-25(31)27-19-8-4-6-10-22(19)32-23/h3-13,15,23H,2,14H2,1H3,(H,27,31)(H,28,30)/b26-15+. The van der Waals surface area contributed by atoms with E-state index in [9.17, 15) is 9.59 Å². The Labute approximate surface area is 189 Å². The van der Waals surface area contributed by atoms with Gasteiger partial charge in [0, 0.05) is 39.7 Å². The minimum Gasteiger partial charge on any atom is -0.341 e. The number of thioether (sulfide) groups is 1. The molecule has 4 aromatic rings. The van der Waals surface area contributed by atoms with Crippen molar-refractivity contribution in [1.82, 2.24) is 9.99 Å².